The topological polar surface area (TPSA) is 35.5 Å². The largest absolute Gasteiger partial charge is 0.331 e. The Kier molecular flexibility index (Phi) is 6.31. The van der Waals surface area contributed by atoms with Gasteiger partial charge in [-0.25, -0.2) is 0 Å². The fourth-order valence-electron chi connectivity index (χ4n) is 0.963. The van der Waals surface area contributed by atoms with Gasteiger partial charge in [0.25, 0.3) is 0 Å². The molecule has 0 aliphatic heterocycles. The predicted octanol–water partition coefficient (Wildman–Crippen LogP) is 3.07. The van der Waals surface area contributed by atoms with Crippen LogP contribution < -0.4 is 0 Å². The van der Waals surface area contributed by atoms with Crippen LogP contribution in [0.4, 0.5) is 0 Å². The first-order valence-corrected chi connectivity index (χ1v) is 6.31. The molecule has 4 heteroatoms. The van der Waals surface area contributed by atoms with Crippen LogP contribution in [-0.4, -0.2) is 19.4 Å². The van der Waals surface area contributed by atoms with Crippen LogP contribution in [0.5, 0.6) is 0 Å². The minimum atomic E-state index is -2.86. The van der Waals surface area contributed by atoms with Gasteiger partial charge in [0, 0.05) is 0 Å². The first-order valence-electron chi connectivity index (χ1n) is 4.58. The Morgan fingerprint density at radius 2 is 1.85 bits per heavy atom. The van der Waals surface area contributed by atoms with Gasteiger partial charge in [-0.3, -0.25) is 4.57 Å². The maximum absolute atomic E-state index is 11.9. The summed E-state index contributed by atoms with van der Waals surface area (Å²) in [5, 5.41) is 0. The van der Waals surface area contributed by atoms with Gasteiger partial charge in [0.05, 0.1) is 19.4 Å². The van der Waals surface area contributed by atoms with Gasteiger partial charge in [0.1, 0.15) is 0 Å². The Hall–Kier alpha value is -0.110. The van der Waals surface area contributed by atoms with Crippen molar-refractivity contribution in [3.63, 3.8) is 0 Å². The quantitative estimate of drug-likeness (QED) is 0.474. The van der Waals surface area contributed by atoms with E-state index in [1.165, 1.54) is 0 Å². The second-order valence-electron chi connectivity index (χ2n) is 2.84. The number of rotatable bonds is 7. The highest BCUT2D eigenvalue weighted by Gasteiger charge is 2.24. The molecule has 0 saturated heterocycles. The monoisotopic (exact) mass is 206 g/mol. The van der Waals surface area contributed by atoms with Crippen LogP contribution in [0.2, 0.25) is 0 Å². The van der Waals surface area contributed by atoms with Gasteiger partial charge in [0.15, 0.2) is 0 Å². The summed E-state index contributed by atoms with van der Waals surface area (Å²) in [6.07, 6.45) is 2.17. The van der Waals surface area contributed by atoms with Gasteiger partial charge in [-0.05, 0) is 19.8 Å². The number of hydrogen-bond donors (Lipinski definition) is 0. The summed E-state index contributed by atoms with van der Waals surface area (Å²) in [6, 6.07) is 0. The van der Waals surface area contributed by atoms with E-state index in [1.54, 1.807) is 6.08 Å². The van der Waals surface area contributed by atoms with E-state index in [0.717, 1.165) is 0 Å². The van der Waals surface area contributed by atoms with Crippen LogP contribution >= 0.6 is 7.60 Å². The van der Waals surface area contributed by atoms with E-state index in [0.29, 0.717) is 19.4 Å². The summed E-state index contributed by atoms with van der Waals surface area (Å²) in [4.78, 5) is 0. The molecule has 13 heavy (non-hydrogen) atoms. The van der Waals surface area contributed by atoms with Gasteiger partial charge in [-0.1, -0.05) is 13.0 Å². The fraction of sp³-hybridized carbons (Fsp3) is 0.778. The third-order valence-corrected chi connectivity index (χ3v) is 3.89. The van der Waals surface area contributed by atoms with Gasteiger partial charge in [-0.2, -0.15) is 0 Å². The molecular weight excluding hydrogens is 187 g/mol. The molecule has 0 heterocycles. The fourth-order valence-corrected chi connectivity index (χ4v) is 2.89. The third-order valence-electron chi connectivity index (χ3n) is 1.57. The Balaban J connectivity index is 4.22. The van der Waals surface area contributed by atoms with Crippen molar-refractivity contribution in [3.05, 3.63) is 12.7 Å². The molecule has 0 aromatic rings. The summed E-state index contributed by atoms with van der Waals surface area (Å²) in [5.74, 6) is 0.156. The van der Waals surface area contributed by atoms with Crippen molar-refractivity contribution in [2.45, 2.75) is 20.8 Å². The van der Waals surface area contributed by atoms with Crippen molar-refractivity contribution >= 4 is 7.60 Å². The minimum absolute atomic E-state index is 0.156. The third kappa shape index (κ3) is 5.25. The molecule has 78 valence electrons. The lowest BCUT2D eigenvalue weighted by Gasteiger charge is -2.18. The minimum Gasteiger partial charge on any atom is -0.309 e. The van der Waals surface area contributed by atoms with Crippen molar-refractivity contribution in [2.24, 2.45) is 5.92 Å². The average Bonchev–Trinajstić information content (AvgIpc) is 2.04. The summed E-state index contributed by atoms with van der Waals surface area (Å²) in [5.41, 5.74) is 0. The summed E-state index contributed by atoms with van der Waals surface area (Å²) < 4.78 is 22.1. The molecule has 0 aromatic carbocycles. The lowest BCUT2D eigenvalue weighted by Crippen LogP contribution is -2.05. The molecule has 0 aromatic heterocycles. The van der Waals surface area contributed by atoms with Crippen molar-refractivity contribution < 1.29 is 13.6 Å². The normalized spacial score (nSPS) is 14.1. The van der Waals surface area contributed by atoms with Gasteiger partial charge >= 0.3 is 7.60 Å². The molecule has 0 N–H and O–H groups in total. The van der Waals surface area contributed by atoms with Crippen molar-refractivity contribution in [3.8, 4) is 0 Å². The highest BCUT2D eigenvalue weighted by atomic mass is 31.2. The molecule has 0 fully saturated rings. The average molecular weight is 206 g/mol. The highest BCUT2D eigenvalue weighted by molar-refractivity contribution is 7.53. The van der Waals surface area contributed by atoms with Crippen LogP contribution in [0, 0.1) is 5.92 Å². The molecule has 0 aliphatic rings. The summed E-state index contributed by atoms with van der Waals surface area (Å²) in [7, 11) is -2.86. The number of hydrogen-bond acceptors (Lipinski definition) is 3. The zero-order valence-electron chi connectivity index (χ0n) is 8.66. The molecule has 0 aliphatic carbocycles. The van der Waals surface area contributed by atoms with Crippen LogP contribution in [-0.2, 0) is 13.6 Å². The molecule has 1 atom stereocenters. The van der Waals surface area contributed by atoms with E-state index in [9.17, 15) is 4.57 Å². The molecule has 0 unspecified atom stereocenters. The molecule has 0 radical (unpaired) electrons. The molecule has 3 nitrogen and oxygen atoms in total. The maximum atomic E-state index is 11.9. The van der Waals surface area contributed by atoms with E-state index in [4.69, 9.17) is 9.05 Å². The summed E-state index contributed by atoms with van der Waals surface area (Å²) >= 11 is 0. The summed E-state index contributed by atoms with van der Waals surface area (Å²) in [6.45, 7) is 10.0. The number of allylic oxidation sites excluding steroid dienone is 1. The van der Waals surface area contributed by atoms with E-state index in [2.05, 4.69) is 6.58 Å². The molecule has 0 saturated carbocycles. The first-order chi connectivity index (χ1) is 6.08. The zero-order valence-corrected chi connectivity index (χ0v) is 9.55. The Morgan fingerprint density at radius 1 is 1.38 bits per heavy atom. The van der Waals surface area contributed by atoms with E-state index >= 15 is 0 Å². The first kappa shape index (κ1) is 12.9. The van der Waals surface area contributed by atoms with Crippen LogP contribution in [0.1, 0.15) is 20.8 Å². The molecule has 0 amide bonds. The predicted molar refractivity (Wildman–Crippen MR) is 55.1 cm³/mol. The second kappa shape index (κ2) is 6.36. The lowest BCUT2D eigenvalue weighted by molar-refractivity contribution is 0.218. The van der Waals surface area contributed by atoms with Gasteiger partial charge in [-0.15, -0.1) is 6.58 Å². The smallest absolute Gasteiger partial charge is 0.309 e. The van der Waals surface area contributed by atoms with Crippen LogP contribution in [0.25, 0.3) is 0 Å². The lowest BCUT2D eigenvalue weighted by atomic mass is 10.2. The molecular formula is C9H19O3P. The van der Waals surface area contributed by atoms with E-state index in [-0.39, 0.29) is 5.92 Å². The maximum Gasteiger partial charge on any atom is 0.331 e. The van der Waals surface area contributed by atoms with Crippen molar-refractivity contribution in [1.29, 1.82) is 0 Å². The Labute approximate surface area is 80.7 Å². The highest BCUT2D eigenvalue weighted by Crippen LogP contribution is 2.49. The van der Waals surface area contributed by atoms with Crippen LogP contribution in [0.15, 0.2) is 12.7 Å². The second-order valence-corrected chi connectivity index (χ2v) is 4.95. The SMILES string of the molecule is C=C[C@H](C)CP(=O)(OCC)OCC. The van der Waals surface area contributed by atoms with E-state index in [1.807, 2.05) is 20.8 Å². The molecule has 0 spiro atoms. The van der Waals surface area contributed by atoms with Crippen LogP contribution in [0.3, 0.4) is 0 Å². The van der Waals surface area contributed by atoms with Crippen molar-refractivity contribution in [1.82, 2.24) is 0 Å². The van der Waals surface area contributed by atoms with Gasteiger partial charge in [0.2, 0.25) is 0 Å². The Morgan fingerprint density at radius 3 is 2.15 bits per heavy atom. The van der Waals surface area contributed by atoms with Crippen molar-refractivity contribution in [2.75, 3.05) is 19.4 Å². The molecule has 0 rings (SSSR count). The molecule has 0 bridgehead atoms. The van der Waals surface area contributed by atoms with Gasteiger partial charge < -0.3 is 9.05 Å². The van der Waals surface area contributed by atoms with E-state index < -0.39 is 7.60 Å². The standard InChI is InChI=1S/C9H19O3P/c1-5-9(4)8-13(10,11-6-2)12-7-3/h5,9H,1,6-8H2,2-4H3/t9-/m0/s1. The zero-order chi connectivity index (χ0) is 10.3. The Bertz CT molecular complexity index is 181.